The van der Waals surface area contributed by atoms with E-state index < -0.39 is 10.0 Å². The fraction of sp³-hybridized carbons (Fsp3) is 0.643. The highest BCUT2D eigenvalue weighted by Gasteiger charge is 2.36. The molecule has 21 heavy (non-hydrogen) atoms. The van der Waals surface area contributed by atoms with E-state index in [0.717, 1.165) is 19.5 Å². The molecule has 0 aliphatic carbocycles. The molecule has 2 aliphatic rings. The maximum absolute atomic E-state index is 12.8. The minimum atomic E-state index is -3.52. The standard InChI is InChI=1S/C14H22N4O2S/c1-15-13-6-4-7-16-14(13)21(19,20)18-10-9-17-8-3-2-5-12(17)11-18/h4,6-7,12,15H,2-3,5,8-11H2,1H3. The molecule has 6 nitrogen and oxygen atoms in total. The summed E-state index contributed by atoms with van der Waals surface area (Å²) in [5, 5.41) is 3.05. The Morgan fingerprint density at radius 3 is 2.95 bits per heavy atom. The molecule has 3 rings (SSSR count). The quantitative estimate of drug-likeness (QED) is 0.901. The van der Waals surface area contributed by atoms with Crippen LogP contribution in [0.4, 0.5) is 5.69 Å². The number of piperazine rings is 1. The molecule has 1 aromatic rings. The van der Waals surface area contributed by atoms with Crippen molar-refractivity contribution in [1.82, 2.24) is 14.2 Å². The first-order chi connectivity index (χ1) is 10.1. The van der Waals surface area contributed by atoms with Gasteiger partial charge in [0, 0.05) is 38.9 Å². The average molecular weight is 310 g/mol. The predicted octanol–water partition coefficient (Wildman–Crippen LogP) is 0.982. The van der Waals surface area contributed by atoms with Crippen LogP contribution in [-0.4, -0.2) is 61.9 Å². The number of nitrogens with one attached hydrogen (secondary N) is 1. The van der Waals surface area contributed by atoms with Crippen LogP contribution in [0.5, 0.6) is 0 Å². The number of piperidine rings is 1. The van der Waals surface area contributed by atoms with Crippen LogP contribution < -0.4 is 5.32 Å². The van der Waals surface area contributed by atoms with Gasteiger partial charge in [-0.1, -0.05) is 6.42 Å². The Kier molecular flexibility index (Phi) is 4.14. The molecule has 0 spiro atoms. The van der Waals surface area contributed by atoms with Crippen molar-refractivity contribution in [2.24, 2.45) is 0 Å². The molecule has 0 amide bonds. The molecule has 1 N–H and O–H groups in total. The van der Waals surface area contributed by atoms with Crippen LogP contribution in [0.15, 0.2) is 23.4 Å². The summed E-state index contributed by atoms with van der Waals surface area (Å²) in [5.74, 6) is 0. The predicted molar refractivity (Wildman–Crippen MR) is 81.8 cm³/mol. The van der Waals surface area contributed by atoms with Crippen LogP contribution >= 0.6 is 0 Å². The molecule has 0 radical (unpaired) electrons. The highest BCUT2D eigenvalue weighted by atomic mass is 32.2. The van der Waals surface area contributed by atoms with Gasteiger partial charge in [-0.25, -0.2) is 13.4 Å². The molecule has 3 heterocycles. The molecule has 116 valence electrons. The number of hydrogen-bond acceptors (Lipinski definition) is 5. The molecule has 0 aromatic carbocycles. The Morgan fingerprint density at radius 2 is 2.14 bits per heavy atom. The molecular formula is C14H22N4O2S. The molecule has 0 bridgehead atoms. The van der Waals surface area contributed by atoms with E-state index in [-0.39, 0.29) is 5.03 Å². The van der Waals surface area contributed by atoms with Crippen molar-refractivity contribution in [1.29, 1.82) is 0 Å². The summed E-state index contributed by atoms with van der Waals surface area (Å²) in [6, 6.07) is 3.85. The lowest BCUT2D eigenvalue weighted by molar-refractivity contribution is 0.0851. The summed E-state index contributed by atoms with van der Waals surface area (Å²) in [5.41, 5.74) is 0.559. The van der Waals surface area contributed by atoms with Crippen LogP contribution in [0.25, 0.3) is 0 Å². The molecular weight excluding hydrogens is 288 g/mol. The van der Waals surface area contributed by atoms with Crippen LogP contribution in [0.2, 0.25) is 0 Å². The Balaban J connectivity index is 1.85. The van der Waals surface area contributed by atoms with Gasteiger partial charge >= 0.3 is 0 Å². The van der Waals surface area contributed by atoms with E-state index in [1.807, 2.05) is 0 Å². The van der Waals surface area contributed by atoms with Crippen molar-refractivity contribution < 1.29 is 8.42 Å². The average Bonchev–Trinajstić information content (AvgIpc) is 2.54. The lowest BCUT2D eigenvalue weighted by Gasteiger charge is -2.43. The number of pyridine rings is 1. The number of nitrogens with zero attached hydrogens (tertiary/aromatic N) is 3. The zero-order valence-electron chi connectivity index (χ0n) is 12.3. The maximum atomic E-state index is 12.8. The van der Waals surface area contributed by atoms with Crippen molar-refractivity contribution in [2.45, 2.75) is 30.3 Å². The Morgan fingerprint density at radius 1 is 1.29 bits per heavy atom. The second kappa shape index (κ2) is 5.90. The zero-order valence-corrected chi connectivity index (χ0v) is 13.1. The summed E-state index contributed by atoms with van der Waals surface area (Å²) in [7, 11) is -1.80. The molecule has 0 saturated carbocycles. The first kappa shape index (κ1) is 14.7. The third kappa shape index (κ3) is 2.77. The summed E-state index contributed by atoms with van der Waals surface area (Å²) in [6.45, 7) is 3.07. The molecule has 1 aromatic heterocycles. The highest BCUT2D eigenvalue weighted by molar-refractivity contribution is 7.89. The number of hydrogen-bond donors (Lipinski definition) is 1. The first-order valence-corrected chi connectivity index (χ1v) is 8.94. The van der Waals surface area contributed by atoms with E-state index in [9.17, 15) is 8.42 Å². The van der Waals surface area contributed by atoms with Gasteiger partial charge in [0.15, 0.2) is 5.03 Å². The summed E-state index contributed by atoms with van der Waals surface area (Å²) in [4.78, 5) is 6.52. The SMILES string of the molecule is CNc1cccnc1S(=O)(=O)N1CCN2CCCCC2C1. The van der Waals surface area contributed by atoms with E-state index in [2.05, 4.69) is 15.2 Å². The number of fused-ring (bicyclic) bond motifs is 1. The second-order valence-electron chi connectivity index (χ2n) is 5.65. The van der Waals surface area contributed by atoms with Crippen LogP contribution in [0, 0.1) is 0 Å². The lowest BCUT2D eigenvalue weighted by Crippen LogP contribution is -2.56. The molecule has 7 heteroatoms. The van der Waals surface area contributed by atoms with Crippen molar-refractivity contribution >= 4 is 15.7 Å². The van der Waals surface area contributed by atoms with Gasteiger partial charge in [0.2, 0.25) is 0 Å². The van der Waals surface area contributed by atoms with Crippen molar-refractivity contribution in [3.05, 3.63) is 18.3 Å². The molecule has 1 atom stereocenters. The molecule has 2 fully saturated rings. The van der Waals surface area contributed by atoms with Crippen molar-refractivity contribution in [3.63, 3.8) is 0 Å². The first-order valence-electron chi connectivity index (χ1n) is 7.50. The van der Waals surface area contributed by atoms with Gasteiger partial charge in [0.1, 0.15) is 0 Å². The van der Waals surface area contributed by atoms with Crippen LogP contribution in [0.1, 0.15) is 19.3 Å². The van der Waals surface area contributed by atoms with E-state index in [1.54, 1.807) is 23.5 Å². The molecule has 2 aliphatic heterocycles. The normalized spacial score (nSPS) is 24.5. The Bertz CT molecular complexity index is 605. The van der Waals surface area contributed by atoms with Gasteiger partial charge in [-0.2, -0.15) is 4.31 Å². The number of rotatable bonds is 3. The molecule has 1 unspecified atom stereocenters. The Labute approximate surface area is 126 Å². The Hall–Kier alpha value is -1.18. The van der Waals surface area contributed by atoms with E-state index in [4.69, 9.17) is 0 Å². The third-order valence-electron chi connectivity index (χ3n) is 4.42. The minimum absolute atomic E-state index is 0.136. The number of aromatic nitrogens is 1. The number of anilines is 1. The largest absolute Gasteiger partial charge is 0.386 e. The van der Waals surface area contributed by atoms with Gasteiger partial charge < -0.3 is 5.32 Å². The highest BCUT2D eigenvalue weighted by Crippen LogP contribution is 2.27. The van der Waals surface area contributed by atoms with Crippen molar-refractivity contribution in [2.75, 3.05) is 38.5 Å². The minimum Gasteiger partial charge on any atom is -0.386 e. The van der Waals surface area contributed by atoms with E-state index in [1.165, 1.54) is 19.0 Å². The summed E-state index contributed by atoms with van der Waals surface area (Å²) in [6.07, 6.45) is 5.05. The van der Waals surface area contributed by atoms with E-state index in [0.29, 0.717) is 24.8 Å². The monoisotopic (exact) mass is 310 g/mol. The third-order valence-corrected chi connectivity index (χ3v) is 6.25. The zero-order chi connectivity index (χ0) is 14.9. The summed E-state index contributed by atoms with van der Waals surface area (Å²) < 4.78 is 27.3. The van der Waals surface area contributed by atoms with Crippen molar-refractivity contribution in [3.8, 4) is 0 Å². The number of sulfonamides is 1. The van der Waals surface area contributed by atoms with Gasteiger partial charge in [-0.3, -0.25) is 4.90 Å². The fourth-order valence-electron chi connectivity index (χ4n) is 3.25. The van der Waals surface area contributed by atoms with Gasteiger partial charge in [-0.05, 0) is 31.5 Å². The smallest absolute Gasteiger partial charge is 0.262 e. The molecule has 2 saturated heterocycles. The van der Waals surface area contributed by atoms with Gasteiger partial charge in [-0.15, -0.1) is 0 Å². The fourth-order valence-corrected chi connectivity index (χ4v) is 4.83. The van der Waals surface area contributed by atoms with E-state index >= 15 is 0 Å². The van der Waals surface area contributed by atoms with Gasteiger partial charge in [0.05, 0.1) is 5.69 Å². The maximum Gasteiger partial charge on any atom is 0.262 e. The lowest BCUT2D eigenvalue weighted by atomic mass is 10.0. The van der Waals surface area contributed by atoms with Gasteiger partial charge in [0.25, 0.3) is 10.0 Å². The second-order valence-corrected chi connectivity index (χ2v) is 7.51. The van der Waals surface area contributed by atoms with Crippen LogP contribution in [0.3, 0.4) is 0 Å². The topological polar surface area (TPSA) is 65.5 Å². The van der Waals surface area contributed by atoms with Crippen LogP contribution in [-0.2, 0) is 10.0 Å². The summed E-state index contributed by atoms with van der Waals surface area (Å²) >= 11 is 0.